The zero-order valence-electron chi connectivity index (χ0n) is 48.9. The Hall–Kier alpha value is -5.49. The minimum atomic E-state index is -0.828. The molecule has 0 spiro atoms. The largest absolute Gasteiger partial charge is 0.462 e. The van der Waals surface area contributed by atoms with Gasteiger partial charge in [-0.25, -0.2) is 0 Å². The first-order valence-corrected chi connectivity index (χ1v) is 30.3. The fraction of sp³-hybridized carbons (Fsp3) is 0.535. The van der Waals surface area contributed by atoms with Crippen molar-refractivity contribution in [1.29, 1.82) is 0 Å². The lowest BCUT2D eigenvalue weighted by atomic mass is 10.1. The maximum atomic E-state index is 12.9. The van der Waals surface area contributed by atoms with Gasteiger partial charge in [-0.1, -0.05) is 235 Å². The predicted molar refractivity (Wildman–Crippen MR) is 334 cm³/mol. The molecule has 0 aromatic rings. The predicted octanol–water partition coefficient (Wildman–Crippen LogP) is 20.9. The molecule has 0 saturated carbocycles. The minimum absolute atomic E-state index is 0.122. The maximum Gasteiger partial charge on any atom is 0.306 e. The Labute approximate surface area is 472 Å². The Bertz CT molecular complexity index is 1840. The standard InChI is InChI=1S/C71H108O6/c1-4-7-10-13-16-19-22-25-28-30-31-32-33-34-35-36-37-38-39-41-43-46-49-52-55-58-61-64-70(73)76-67-68(66-75-69(72)63-60-57-54-51-48-45-42-27-24-21-18-15-12-9-6-3)77-71(74)65-62-59-56-53-50-47-44-40-29-26-23-20-17-14-11-8-5-2/h7-12,16-21,25-29,31-32,34-35,37-38,41-44,47-48,51,68H,4-6,13-15,22-24,30,33,36,39-40,45-46,49-50,52-67H2,1-3H3/b10-7-,11-8-,12-9-,19-16-,20-17-,21-18-,28-25-,29-26-,32-31-,35-34-,38-37-,42-27-,43-41-,47-44-,51-48-. The van der Waals surface area contributed by atoms with Gasteiger partial charge < -0.3 is 14.2 Å². The highest BCUT2D eigenvalue weighted by Crippen LogP contribution is 2.12. The van der Waals surface area contributed by atoms with Gasteiger partial charge in [0.1, 0.15) is 13.2 Å². The molecule has 0 fully saturated rings. The smallest absolute Gasteiger partial charge is 0.306 e. The van der Waals surface area contributed by atoms with Crippen molar-refractivity contribution in [3.05, 3.63) is 182 Å². The molecule has 0 aliphatic carbocycles. The summed E-state index contributed by atoms with van der Waals surface area (Å²) in [5, 5.41) is 0. The highest BCUT2D eigenvalue weighted by molar-refractivity contribution is 5.71. The third-order valence-electron chi connectivity index (χ3n) is 11.9. The summed E-state index contributed by atoms with van der Waals surface area (Å²) in [5.74, 6) is -1.02. The summed E-state index contributed by atoms with van der Waals surface area (Å²) in [4.78, 5) is 38.2. The molecule has 6 heteroatoms. The fourth-order valence-corrected chi connectivity index (χ4v) is 7.46. The van der Waals surface area contributed by atoms with Gasteiger partial charge in [-0.05, 0) is 154 Å². The molecule has 0 radical (unpaired) electrons. The van der Waals surface area contributed by atoms with Crippen molar-refractivity contribution in [2.75, 3.05) is 13.2 Å². The van der Waals surface area contributed by atoms with Crippen LogP contribution in [0.2, 0.25) is 0 Å². The van der Waals surface area contributed by atoms with Crippen LogP contribution in [-0.2, 0) is 28.6 Å². The van der Waals surface area contributed by atoms with Crippen molar-refractivity contribution in [2.24, 2.45) is 0 Å². The third kappa shape index (κ3) is 61.2. The first-order chi connectivity index (χ1) is 38.0. The van der Waals surface area contributed by atoms with E-state index in [4.69, 9.17) is 14.2 Å². The van der Waals surface area contributed by atoms with E-state index in [9.17, 15) is 14.4 Å². The van der Waals surface area contributed by atoms with Crippen LogP contribution in [0.15, 0.2) is 182 Å². The van der Waals surface area contributed by atoms with Crippen LogP contribution in [0.25, 0.3) is 0 Å². The number of ether oxygens (including phenoxy) is 3. The molecule has 0 rings (SSSR count). The molecule has 0 amide bonds. The molecule has 0 aromatic carbocycles. The quantitative estimate of drug-likeness (QED) is 0.0261. The van der Waals surface area contributed by atoms with E-state index >= 15 is 0 Å². The van der Waals surface area contributed by atoms with Gasteiger partial charge >= 0.3 is 17.9 Å². The average molecular weight is 1060 g/mol. The van der Waals surface area contributed by atoms with Crippen molar-refractivity contribution in [1.82, 2.24) is 0 Å². The molecule has 0 aliphatic rings. The van der Waals surface area contributed by atoms with Crippen LogP contribution in [0.3, 0.4) is 0 Å². The van der Waals surface area contributed by atoms with E-state index in [0.29, 0.717) is 12.8 Å². The lowest BCUT2D eigenvalue weighted by molar-refractivity contribution is -0.167. The van der Waals surface area contributed by atoms with E-state index < -0.39 is 6.10 Å². The highest BCUT2D eigenvalue weighted by atomic mass is 16.6. The average Bonchev–Trinajstić information content (AvgIpc) is 3.43. The van der Waals surface area contributed by atoms with Crippen LogP contribution in [0.4, 0.5) is 0 Å². The molecule has 1 unspecified atom stereocenters. The number of rotatable bonds is 52. The molecule has 0 heterocycles. The van der Waals surface area contributed by atoms with Gasteiger partial charge in [0.25, 0.3) is 0 Å². The number of carbonyl (C=O) groups excluding carboxylic acids is 3. The van der Waals surface area contributed by atoms with Crippen LogP contribution in [0, 0.1) is 0 Å². The Morgan fingerprint density at radius 3 is 0.753 bits per heavy atom. The summed E-state index contributed by atoms with van der Waals surface area (Å²) >= 11 is 0. The second-order valence-electron chi connectivity index (χ2n) is 19.1. The van der Waals surface area contributed by atoms with E-state index in [1.165, 1.54) is 0 Å². The summed E-state index contributed by atoms with van der Waals surface area (Å²) in [6, 6.07) is 0. The van der Waals surface area contributed by atoms with Crippen LogP contribution in [-0.4, -0.2) is 37.2 Å². The van der Waals surface area contributed by atoms with Crippen LogP contribution >= 0.6 is 0 Å². The second kappa shape index (κ2) is 63.0. The third-order valence-corrected chi connectivity index (χ3v) is 11.9. The molecule has 1 atom stereocenters. The number of hydrogen-bond acceptors (Lipinski definition) is 6. The van der Waals surface area contributed by atoms with Crippen LogP contribution < -0.4 is 0 Å². The van der Waals surface area contributed by atoms with Gasteiger partial charge in [-0.2, -0.15) is 0 Å². The zero-order valence-corrected chi connectivity index (χ0v) is 48.9. The Kier molecular flexibility index (Phi) is 58.6. The lowest BCUT2D eigenvalue weighted by Crippen LogP contribution is -2.30. The summed E-state index contributed by atoms with van der Waals surface area (Å²) in [6.07, 6.45) is 94.6. The van der Waals surface area contributed by atoms with Crippen LogP contribution in [0.5, 0.6) is 0 Å². The first-order valence-electron chi connectivity index (χ1n) is 30.3. The van der Waals surface area contributed by atoms with Gasteiger partial charge in [0, 0.05) is 19.3 Å². The van der Waals surface area contributed by atoms with Crippen molar-refractivity contribution in [3.8, 4) is 0 Å². The zero-order chi connectivity index (χ0) is 55.7. The molecule has 0 saturated heterocycles. The first kappa shape index (κ1) is 71.5. The second-order valence-corrected chi connectivity index (χ2v) is 19.1. The molecular formula is C71H108O6. The Balaban J connectivity index is 4.51. The molecule has 0 aromatic heterocycles. The van der Waals surface area contributed by atoms with E-state index in [2.05, 4.69) is 203 Å². The summed E-state index contributed by atoms with van der Waals surface area (Å²) in [6.45, 7) is 6.20. The van der Waals surface area contributed by atoms with Gasteiger partial charge in [-0.3, -0.25) is 14.4 Å². The molecular weight excluding hydrogens is 949 g/mol. The molecule has 77 heavy (non-hydrogen) atoms. The molecule has 0 N–H and O–H groups in total. The van der Waals surface area contributed by atoms with Gasteiger partial charge in [0.15, 0.2) is 6.10 Å². The summed E-state index contributed by atoms with van der Waals surface area (Å²) in [5.41, 5.74) is 0. The molecule has 0 aliphatic heterocycles. The monoisotopic (exact) mass is 1060 g/mol. The Morgan fingerprint density at radius 1 is 0.260 bits per heavy atom. The van der Waals surface area contributed by atoms with E-state index in [-0.39, 0.29) is 44.0 Å². The Morgan fingerprint density at radius 2 is 0.468 bits per heavy atom. The van der Waals surface area contributed by atoms with Crippen molar-refractivity contribution in [3.63, 3.8) is 0 Å². The highest BCUT2D eigenvalue weighted by Gasteiger charge is 2.19. The van der Waals surface area contributed by atoms with Crippen molar-refractivity contribution in [2.45, 2.75) is 232 Å². The number of carbonyl (C=O) groups is 3. The SMILES string of the molecule is CC/C=C\C/C=C\C/C=C\C/C=C\C/C=C\C/C=C\C/C=C\CCCCCCCC(=O)OCC(COC(=O)CCCC/C=C\C/C=C\C/C=C\C/C=C\CC)OC(=O)CCCCCC/C=C\C/C=C\C/C=C\C/C=C\CC. The summed E-state index contributed by atoms with van der Waals surface area (Å²) in [7, 11) is 0. The van der Waals surface area contributed by atoms with E-state index in [1.54, 1.807) is 0 Å². The van der Waals surface area contributed by atoms with Crippen LogP contribution in [0.1, 0.15) is 226 Å². The van der Waals surface area contributed by atoms with Crippen molar-refractivity contribution >= 4 is 17.9 Å². The maximum absolute atomic E-state index is 12.9. The number of esters is 3. The lowest BCUT2D eigenvalue weighted by Gasteiger charge is -2.18. The van der Waals surface area contributed by atoms with E-state index in [0.717, 1.165) is 180 Å². The van der Waals surface area contributed by atoms with Crippen molar-refractivity contribution < 1.29 is 28.6 Å². The minimum Gasteiger partial charge on any atom is -0.462 e. The van der Waals surface area contributed by atoms with Gasteiger partial charge in [0.2, 0.25) is 0 Å². The van der Waals surface area contributed by atoms with Gasteiger partial charge in [0.05, 0.1) is 0 Å². The number of hydrogen-bond donors (Lipinski definition) is 0. The molecule has 0 bridgehead atoms. The topological polar surface area (TPSA) is 78.9 Å². The normalized spacial score (nSPS) is 13.4. The molecule has 6 nitrogen and oxygen atoms in total. The number of allylic oxidation sites excluding steroid dienone is 30. The fourth-order valence-electron chi connectivity index (χ4n) is 7.46. The van der Waals surface area contributed by atoms with Gasteiger partial charge in [-0.15, -0.1) is 0 Å². The summed E-state index contributed by atoms with van der Waals surface area (Å²) < 4.78 is 16.8. The molecule has 428 valence electrons. The van der Waals surface area contributed by atoms with E-state index in [1.807, 2.05) is 0 Å². The number of unbranched alkanes of at least 4 members (excludes halogenated alkanes) is 11.